The second-order valence-electron chi connectivity index (χ2n) is 5.73. The maximum atomic E-state index is 12.3. The largest absolute Gasteiger partial charge is 0.481 e. The summed E-state index contributed by atoms with van der Waals surface area (Å²) >= 11 is 0. The number of hydrogen-bond acceptors (Lipinski definition) is 4. The maximum Gasteiger partial charge on any atom is 0.311 e. The molecule has 0 unspecified atom stereocenters. The molecule has 1 N–H and O–H groups in total. The van der Waals surface area contributed by atoms with Crippen LogP contribution in [0.5, 0.6) is 0 Å². The Morgan fingerprint density at radius 1 is 1.43 bits per heavy atom. The van der Waals surface area contributed by atoms with Gasteiger partial charge in [-0.05, 0) is 25.5 Å². The van der Waals surface area contributed by atoms with Crippen LogP contribution in [0.25, 0.3) is 11.0 Å². The topological polar surface area (TPSA) is 83.6 Å². The number of fused-ring (bicyclic) bond motifs is 1. The molecule has 1 aromatic heterocycles. The van der Waals surface area contributed by atoms with E-state index >= 15 is 0 Å². The normalized spacial score (nSPS) is 21.9. The number of hydrogen-bond donors (Lipinski definition) is 1. The summed E-state index contributed by atoms with van der Waals surface area (Å²) in [6.07, 6.45) is 0.611. The molecule has 0 bridgehead atoms. The number of benzene rings is 1. The number of para-hydroxylation sites is 1. The van der Waals surface area contributed by atoms with E-state index in [4.69, 9.17) is 4.52 Å². The maximum absolute atomic E-state index is 12.3. The van der Waals surface area contributed by atoms with E-state index in [0.717, 1.165) is 5.39 Å². The van der Waals surface area contributed by atoms with E-state index in [9.17, 15) is 14.7 Å². The van der Waals surface area contributed by atoms with Gasteiger partial charge in [0.2, 0.25) is 5.91 Å². The standard InChI is InChI=1S/C15H16N2O4/c1-15(14(19)20)6-7-17(9-15)13(18)8-11-10-4-2-3-5-12(10)21-16-11/h2-5H,6-9H2,1H3,(H,19,20)/t15-/m0/s1. The molecule has 2 heterocycles. The summed E-state index contributed by atoms with van der Waals surface area (Å²) in [5, 5.41) is 14.0. The number of rotatable bonds is 3. The van der Waals surface area contributed by atoms with E-state index in [-0.39, 0.29) is 18.9 Å². The number of aromatic nitrogens is 1. The molecule has 3 rings (SSSR count). The third-order valence-electron chi connectivity index (χ3n) is 4.11. The molecular weight excluding hydrogens is 272 g/mol. The third kappa shape index (κ3) is 2.37. The zero-order valence-corrected chi connectivity index (χ0v) is 11.7. The summed E-state index contributed by atoms with van der Waals surface area (Å²) in [6, 6.07) is 7.37. The Balaban J connectivity index is 1.74. The second kappa shape index (κ2) is 4.87. The highest BCUT2D eigenvalue weighted by atomic mass is 16.5. The van der Waals surface area contributed by atoms with Gasteiger partial charge in [0.25, 0.3) is 0 Å². The molecule has 1 amide bonds. The molecule has 110 valence electrons. The minimum Gasteiger partial charge on any atom is -0.481 e. The molecule has 6 nitrogen and oxygen atoms in total. The van der Waals surface area contributed by atoms with Crippen molar-refractivity contribution in [1.29, 1.82) is 0 Å². The van der Waals surface area contributed by atoms with E-state index in [1.807, 2.05) is 18.2 Å². The van der Waals surface area contributed by atoms with Crippen LogP contribution in [0.3, 0.4) is 0 Å². The molecule has 1 atom stereocenters. The van der Waals surface area contributed by atoms with Crippen LogP contribution < -0.4 is 0 Å². The monoisotopic (exact) mass is 288 g/mol. The number of carbonyl (C=O) groups excluding carboxylic acids is 1. The summed E-state index contributed by atoms with van der Waals surface area (Å²) in [5.74, 6) is -0.969. The van der Waals surface area contributed by atoms with Gasteiger partial charge in [0.05, 0.1) is 11.8 Å². The molecule has 0 spiro atoms. The van der Waals surface area contributed by atoms with Gasteiger partial charge in [-0.3, -0.25) is 9.59 Å². The fourth-order valence-electron chi connectivity index (χ4n) is 2.67. The number of amides is 1. The Morgan fingerprint density at radius 3 is 2.90 bits per heavy atom. The molecule has 1 aliphatic rings. The highest BCUT2D eigenvalue weighted by Gasteiger charge is 2.42. The summed E-state index contributed by atoms with van der Waals surface area (Å²) < 4.78 is 5.18. The first kappa shape index (κ1) is 13.6. The smallest absolute Gasteiger partial charge is 0.311 e. The van der Waals surface area contributed by atoms with Crippen LogP contribution in [0.4, 0.5) is 0 Å². The predicted molar refractivity (Wildman–Crippen MR) is 74.7 cm³/mol. The van der Waals surface area contributed by atoms with Crippen LogP contribution in [-0.4, -0.2) is 40.1 Å². The van der Waals surface area contributed by atoms with Crippen molar-refractivity contribution in [2.45, 2.75) is 19.8 Å². The van der Waals surface area contributed by atoms with Gasteiger partial charge in [0.15, 0.2) is 5.58 Å². The number of carbonyl (C=O) groups is 2. The highest BCUT2D eigenvalue weighted by Crippen LogP contribution is 2.30. The van der Waals surface area contributed by atoms with Gasteiger partial charge in [-0.2, -0.15) is 0 Å². The zero-order chi connectivity index (χ0) is 15.0. The molecule has 1 saturated heterocycles. The van der Waals surface area contributed by atoms with Gasteiger partial charge in [-0.15, -0.1) is 0 Å². The van der Waals surface area contributed by atoms with Gasteiger partial charge in [-0.25, -0.2) is 0 Å². The number of nitrogens with zero attached hydrogens (tertiary/aromatic N) is 2. The molecule has 2 aromatic rings. The molecule has 1 aliphatic heterocycles. The van der Waals surface area contributed by atoms with Crippen LogP contribution in [-0.2, 0) is 16.0 Å². The molecule has 0 aliphatic carbocycles. The third-order valence-corrected chi connectivity index (χ3v) is 4.11. The number of likely N-dealkylation sites (tertiary alicyclic amines) is 1. The van der Waals surface area contributed by atoms with E-state index in [2.05, 4.69) is 5.16 Å². The van der Waals surface area contributed by atoms with Crippen molar-refractivity contribution >= 4 is 22.8 Å². The Hall–Kier alpha value is -2.37. The van der Waals surface area contributed by atoms with Crippen molar-refractivity contribution in [3.05, 3.63) is 30.0 Å². The summed E-state index contributed by atoms with van der Waals surface area (Å²) in [7, 11) is 0. The average molecular weight is 288 g/mol. The molecule has 21 heavy (non-hydrogen) atoms. The molecular formula is C15H16N2O4. The summed E-state index contributed by atoms with van der Waals surface area (Å²) in [6.45, 7) is 2.39. The van der Waals surface area contributed by atoms with Crippen LogP contribution in [0.15, 0.2) is 28.8 Å². The first-order valence-corrected chi connectivity index (χ1v) is 6.84. The summed E-state index contributed by atoms with van der Waals surface area (Å²) in [5.41, 5.74) is 0.401. The van der Waals surface area contributed by atoms with Crippen LogP contribution >= 0.6 is 0 Å². The molecule has 0 radical (unpaired) electrons. The second-order valence-corrected chi connectivity index (χ2v) is 5.73. The van der Waals surface area contributed by atoms with Crippen LogP contribution in [0, 0.1) is 5.41 Å². The molecule has 0 saturated carbocycles. The van der Waals surface area contributed by atoms with Crippen LogP contribution in [0.2, 0.25) is 0 Å². The first-order valence-electron chi connectivity index (χ1n) is 6.84. The van der Waals surface area contributed by atoms with Crippen molar-refractivity contribution in [2.75, 3.05) is 13.1 Å². The lowest BCUT2D eigenvalue weighted by molar-refractivity contribution is -0.147. The lowest BCUT2D eigenvalue weighted by Crippen LogP contribution is -2.35. The minimum absolute atomic E-state index is 0.112. The Kier molecular flexibility index (Phi) is 3.16. The molecule has 1 fully saturated rings. The first-order chi connectivity index (χ1) is 9.99. The van der Waals surface area contributed by atoms with Crippen molar-refractivity contribution < 1.29 is 19.2 Å². The SMILES string of the molecule is C[C@]1(C(=O)O)CCN(C(=O)Cc2noc3ccccc23)C1. The Morgan fingerprint density at radius 2 is 2.19 bits per heavy atom. The van der Waals surface area contributed by atoms with Crippen molar-refractivity contribution in [3.63, 3.8) is 0 Å². The summed E-state index contributed by atoms with van der Waals surface area (Å²) in [4.78, 5) is 25.1. The number of aliphatic carboxylic acids is 1. The van der Waals surface area contributed by atoms with Crippen molar-refractivity contribution in [1.82, 2.24) is 10.1 Å². The van der Waals surface area contributed by atoms with Gasteiger partial charge in [0.1, 0.15) is 5.69 Å². The van der Waals surface area contributed by atoms with E-state index in [0.29, 0.717) is 24.2 Å². The minimum atomic E-state index is -0.857. The van der Waals surface area contributed by atoms with E-state index in [1.165, 1.54) is 0 Å². The van der Waals surface area contributed by atoms with E-state index in [1.54, 1.807) is 17.9 Å². The lowest BCUT2D eigenvalue weighted by atomic mass is 9.90. The van der Waals surface area contributed by atoms with Gasteiger partial charge < -0.3 is 14.5 Å². The Bertz CT molecular complexity index is 709. The quantitative estimate of drug-likeness (QED) is 0.929. The lowest BCUT2D eigenvalue weighted by Gasteiger charge is -2.19. The number of carboxylic acids is 1. The van der Waals surface area contributed by atoms with Gasteiger partial charge in [0, 0.05) is 18.5 Å². The van der Waals surface area contributed by atoms with Gasteiger partial charge >= 0.3 is 5.97 Å². The average Bonchev–Trinajstić information content (AvgIpc) is 3.05. The zero-order valence-electron chi connectivity index (χ0n) is 11.7. The molecule has 6 heteroatoms. The Labute approximate surface area is 121 Å². The number of carboxylic acid groups (broad SMARTS) is 1. The van der Waals surface area contributed by atoms with E-state index < -0.39 is 11.4 Å². The van der Waals surface area contributed by atoms with Crippen molar-refractivity contribution in [3.8, 4) is 0 Å². The highest BCUT2D eigenvalue weighted by molar-refractivity contribution is 5.87. The fourth-order valence-corrected chi connectivity index (χ4v) is 2.67. The molecule has 1 aromatic carbocycles. The predicted octanol–water partition coefficient (Wildman–Crippen LogP) is 1.69. The fraction of sp³-hybridized carbons (Fsp3) is 0.400. The van der Waals surface area contributed by atoms with Gasteiger partial charge in [-0.1, -0.05) is 17.3 Å². The van der Waals surface area contributed by atoms with Crippen molar-refractivity contribution in [2.24, 2.45) is 5.41 Å². The van der Waals surface area contributed by atoms with Crippen LogP contribution in [0.1, 0.15) is 19.0 Å².